The predicted octanol–water partition coefficient (Wildman–Crippen LogP) is 2.24. The van der Waals surface area contributed by atoms with E-state index in [1.807, 2.05) is 17.2 Å². The molecule has 1 aliphatic rings. The van der Waals surface area contributed by atoms with Gasteiger partial charge in [0.15, 0.2) is 0 Å². The van der Waals surface area contributed by atoms with E-state index in [1.54, 1.807) is 11.3 Å². The summed E-state index contributed by atoms with van der Waals surface area (Å²) < 4.78 is 0. The minimum absolute atomic E-state index is 0.0209. The lowest BCUT2D eigenvalue weighted by Crippen LogP contribution is -2.56. The number of aromatic nitrogens is 1. The Balaban J connectivity index is 2.41. The van der Waals surface area contributed by atoms with Gasteiger partial charge in [-0.1, -0.05) is 0 Å². The van der Waals surface area contributed by atoms with Crippen LogP contribution in [0.5, 0.6) is 0 Å². The van der Waals surface area contributed by atoms with E-state index < -0.39 is 0 Å². The van der Waals surface area contributed by atoms with Crippen LogP contribution in [0.25, 0.3) is 0 Å². The number of hydrogen-bond acceptors (Lipinski definition) is 4. The number of carbonyl (C=O) groups is 1. The van der Waals surface area contributed by atoms with Crippen LogP contribution in [0.15, 0.2) is 5.38 Å². The van der Waals surface area contributed by atoms with Crippen LogP contribution in [0.4, 0.5) is 0 Å². The van der Waals surface area contributed by atoms with Gasteiger partial charge in [-0.2, -0.15) is 0 Å². The maximum absolute atomic E-state index is 12.2. The minimum Gasteiger partial charge on any atom is -0.327 e. The highest BCUT2D eigenvalue weighted by Crippen LogP contribution is 2.37. The van der Waals surface area contributed by atoms with E-state index in [9.17, 15) is 4.79 Å². The summed E-state index contributed by atoms with van der Waals surface area (Å²) >= 11 is 1.60. The molecule has 0 aliphatic carbocycles. The molecule has 2 atom stereocenters. The van der Waals surface area contributed by atoms with Crippen molar-refractivity contribution in [2.45, 2.75) is 58.2 Å². The van der Waals surface area contributed by atoms with Gasteiger partial charge in [0.1, 0.15) is 5.01 Å². The second-order valence-corrected chi connectivity index (χ2v) is 6.80. The Morgan fingerprint density at radius 2 is 2.17 bits per heavy atom. The number of nitrogens with zero attached hydrogens (tertiary/aromatic N) is 2. The van der Waals surface area contributed by atoms with Crippen LogP contribution in [0, 0.1) is 6.92 Å². The van der Waals surface area contributed by atoms with Crippen LogP contribution in [-0.4, -0.2) is 27.4 Å². The highest BCUT2D eigenvalue weighted by Gasteiger charge is 2.41. The van der Waals surface area contributed by atoms with Crippen LogP contribution in [0.2, 0.25) is 0 Å². The lowest BCUT2D eigenvalue weighted by atomic mass is 9.91. The molecular formula is C13H21N3OS. The maximum atomic E-state index is 12.2. The Labute approximate surface area is 112 Å². The summed E-state index contributed by atoms with van der Waals surface area (Å²) in [5.41, 5.74) is 7.01. The summed E-state index contributed by atoms with van der Waals surface area (Å²) in [4.78, 5) is 18.7. The third kappa shape index (κ3) is 2.42. The molecule has 0 aromatic carbocycles. The zero-order chi connectivity index (χ0) is 13.5. The maximum Gasteiger partial charge on any atom is 0.223 e. The molecule has 2 unspecified atom stereocenters. The molecule has 1 aliphatic heterocycles. The molecule has 0 radical (unpaired) electrons. The number of thiazole rings is 1. The number of carbonyl (C=O) groups excluding carboxylic acids is 1. The molecule has 1 aromatic heterocycles. The van der Waals surface area contributed by atoms with Crippen molar-refractivity contribution in [1.29, 1.82) is 0 Å². The summed E-state index contributed by atoms with van der Waals surface area (Å²) in [6, 6.07) is -0.0996. The largest absolute Gasteiger partial charge is 0.327 e. The van der Waals surface area contributed by atoms with Crippen LogP contribution < -0.4 is 5.73 Å². The second kappa shape index (κ2) is 4.63. The summed E-state index contributed by atoms with van der Waals surface area (Å²) in [5, 5.41) is 2.98. The van der Waals surface area contributed by atoms with Gasteiger partial charge in [-0.15, -0.1) is 11.3 Å². The number of aryl methyl sites for hydroxylation is 1. The van der Waals surface area contributed by atoms with E-state index in [0.29, 0.717) is 6.42 Å². The Hall–Kier alpha value is -0.940. The van der Waals surface area contributed by atoms with E-state index in [1.165, 1.54) is 0 Å². The van der Waals surface area contributed by atoms with Gasteiger partial charge in [0, 0.05) is 29.1 Å². The van der Waals surface area contributed by atoms with Crippen LogP contribution in [-0.2, 0) is 4.79 Å². The number of piperidine rings is 1. The summed E-state index contributed by atoms with van der Waals surface area (Å²) in [5.74, 6) is 0.182. The molecule has 100 valence electrons. The smallest absolute Gasteiger partial charge is 0.223 e. The molecule has 4 nitrogen and oxygen atoms in total. The Morgan fingerprint density at radius 3 is 2.67 bits per heavy atom. The fraction of sp³-hybridized carbons (Fsp3) is 0.692. The number of hydrogen-bond donors (Lipinski definition) is 1. The van der Waals surface area contributed by atoms with Crippen LogP contribution in [0.3, 0.4) is 0 Å². The molecular weight excluding hydrogens is 246 g/mol. The van der Waals surface area contributed by atoms with Gasteiger partial charge in [-0.3, -0.25) is 4.79 Å². The number of rotatable bonds is 1. The van der Waals surface area contributed by atoms with Crippen molar-refractivity contribution in [3.8, 4) is 0 Å². The summed E-state index contributed by atoms with van der Waals surface area (Å²) in [6.07, 6.45) is 1.29. The number of nitrogens with two attached hydrogens (primary N) is 1. The summed E-state index contributed by atoms with van der Waals surface area (Å²) in [6.45, 7) is 8.13. The first-order valence-electron chi connectivity index (χ1n) is 6.30. The van der Waals surface area contributed by atoms with Gasteiger partial charge in [0.05, 0.1) is 6.04 Å². The molecule has 1 fully saturated rings. The zero-order valence-electron chi connectivity index (χ0n) is 11.4. The van der Waals surface area contributed by atoms with Crippen LogP contribution >= 0.6 is 11.3 Å². The molecule has 18 heavy (non-hydrogen) atoms. The van der Waals surface area contributed by atoms with Crippen molar-refractivity contribution >= 4 is 17.2 Å². The fourth-order valence-electron chi connectivity index (χ4n) is 2.51. The lowest BCUT2D eigenvalue weighted by Gasteiger charge is -2.46. The van der Waals surface area contributed by atoms with E-state index in [4.69, 9.17) is 5.73 Å². The highest BCUT2D eigenvalue weighted by atomic mass is 32.1. The van der Waals surface area contributed by atoms with Crippen molar-refractivity contribution in [3.05, 3.63) is 16.1 Å². The average molecular weight is 267 g/mol. The van der Waals surface area contributed by atoms with Gasteiger partial charge < -0.3 is 10.6 Å². The Bertz CT molecular complexity index is 449. The molecule has 0 bridgehead atoms. The predicted molar refractivity (Wildman–Crippen MR) is 73.4 cm³/mol. The standard InChI is InChI=1S/C13H21N3OS/c1-8-7-18-12(15-8)11-9(14)5-6-10(17)16(11)13(2,3)4/h7,9,11H,5-6,14H2,1-4H3. The van der Waals surface area contributed by atoms with Crippen molar-refractivity contribution in [2.24, 2.45) is 5.73 Å². The summed E-state index contributed by atoms with van der Waals surface area (Å²) in [7, 11) is 0. The van der Waals surface area contributed by atoms with E-state index in [-0.39, 0.29) is 23.5 Å². The third-order valence-corrected chi connectivity index (χ3v) is 4.29. The molecule has 0 spiro atoms. The Kier molecular flexibility index (Phi) is 3.47. The van der Waals surface area contributed by atoms with Crippen molar-refractivity contribution < 1.29 is 4.79 Å². The second-order valence-electron chi connectivity index (χ2n) is 5.91. The number of amides is 1. The van der Waals surface area contributed by atoms with Crippen molar-refractivity contribution in [2.75, 3.05) is 0 Å². The SMILES string of the molecule is Cc1csc(C2C(N)CCC(=O)N2C(C)(C)C)n1. The fourth-order valence-corrected chi connectivity index (χ4v) is 3.47. The minimum atomic E-state index is -0.223. The van der Waals surface area contributed by atoms with Gasteiger partial charge in [0.25, 0.3) is 0 Å². The molecule has 1 aromatic rings. The first kappa shape index (κ1) is 13.5. The molecule has 2 rings (SSSR count). The van der Waals surface area contributed by atoms with Gasteiger partial charge in [0.2, 0.25) is 5.91 Å². The topological polar surface area (TPSA) is 59.2 Å². The molecule has 1 saturated heterocycles. The van der Waals surface area contributed by atoms with Crippen molar-refractivity contribution in [3.63, 3.8) is 0 Å². The highest BCUT2D eigenvalue weighted by molar-refractivity contribution is 7.09. The van der Waals surface area contributed by atoms with E-state index >= 15 is 0 Å². The quantitative estimate of drug-likeness (QED) is 0.849. The lowest BCUT2D eigenvalue weighted by molar-refractivity contribution is -0.144. The van der Waals surface area contributed by atoms with Gasteiger partial charge >= 0.3 is 0 Å². The van der Waals surface area contributed by atoms with Crippen molar-refractivity contribution in [1.82, 2.24) is 9.88 Å². The first-order valence-corrected chi connectivity index (χ1v) is 7.18. The molecule has 5 heteroatoms. The Morgan fingerprint density at radius 1 is 1.50 bits per heavy atom. The zero-order valence-corrected chi connectivity index (χ0v) is 12.3. The van der Waals surface area contributed by atoms with Crippen LogP contribution in [0.1, 0.15) is 50.4 Å². The first-order chi connectivity index (χ1) is 8.30. The van der Waals surface area contributed by atoms with Gasteiger partial charge in [-0.25, -0.2) is 4.98 Å². The average Bonchev–Trinajstić information content (AvgIpc) is 2.66. The third-order valence-electron chi connectivity index (χ3n) is 3.26. The van der Waals surface area contributed by atoms with Gasteiger partial charge in [-0.05, 0) is 34.1 Å². The number of likely N-dealkylation sites (tertiary alicyclic amines) is 1. The van der Waals surface area contributed by atoms with E-state index in [0.717, 1.165) is 17.1 Å². The van der Waals surface area contributed by atoms with E-state index in [2.05, 4.69) is 25.8 Å². The normalized spacial score (nSPS) is 25.6. The molecule has 2 N–H and O–H groups in total. The molecule has 2 heterocycles. The molecule has 0 saturated carbocycles. The molecule has 1 amide bonds. The monoisotopic (exact) mass is 267 g/mol.